The minimum atomic E-state index is -5.88. The van der Waals surface area contributed by atoms with Crippen molar-refractivity contribution in [2.75, 3.05) is 13.2 Å². The zero-order valence-corrected chi connectivity index (χ0v) is 16.2. The Labute approximate surface area is 143 Å². The predicted octanol–water partition coefficient (Wildman–Crippen LogP) is 1.20. The summed E-state index contributed by atoms with van der Waals surface area (Å²) >= 11 is -5.88. The fourth-order valence-corrected chi connectivity index (χ4v) is 9.61. The molecule has 0 aromatic heterocycles. The van der Waals surface area contributed by atoms with Crippen molar-refractivity contribution in [3.05, 3.63) is 0 Å². The van der Waals surface area contributed by atoms with Crippen LogP contribution in [0.2, 0.25) is 13.7 Å². The molecule has 9 heteroatoms. The van der Waals surface area contributed by atoms with Crippen LogP contribution in [0.15, 0.2) is 0 Å². The molecule has 0 heterocycles. The van der Waals surface area contributed by atoms with Crippen molar-refractivity contribution >= 4 is 23.5 Å². The van der Waals surface area contributed by atoms with Crippen LogP contribution in [0.4, 0.5) is 0 Å². The molecule has 0 aromatic carbocycles. The average Bonchev–Trinajstić information content (AvgIpc) is 2.36. The van der Waals surface area contributed by atoms with E-state index in [1.54, 1.807) is 13.8 Å². The zero-order valence-electron chi connectivity index (χ0n) is 14.7. The Hall–Kier alpha value is -1.09. The zero-order chi connectivity index (χ0) is 19.0. The predicted molar refractivity (Wildman–Crippen MR) is 81.7 cm³/mol. The molecular formula is C15H27O8Ti. The Kier molecular flexibility index (Phi) is 8.99. The van der Waals surface area contributed by atoms with Gasteiger partial charge in [0.2, 0.25) is 0 Å². The summed E-state index contributed by atoms with van der Waals surface area (Å²) in [7, 11) is 0. The molecule has 0 fully saturated rings. The molecule has 2 N–H and O–H groups in total. The molecule has 0 aliphatic rings. The molecule has 0 aromatic rings. The SMILES string of the molecule is CC[CH2][Ti]([OH])([OH])([CH2]C(=O)CC(=O)OCC)[CH](C(C)=O)C(=O)OCC. The summed E-state index contributed by atoms with van der Waals surface area (Å²) in [5, 5.41) is 0. The third-order valence-electron chi connectivity index (χ3n) is 3.62. The van der Waals surface area contributed by atoms with Crippen LogP contribution in [0, 0.1) is 0 Å². The van der Waals surface area contributed by atoms with Crippen LogP contribution in [0.1, 0.15) is 40.5 Å². The van der Waals surface area contributed by atoms with Gasteiger partial charge in [-0.2, -0.15) is 0 Å². The van der Waals surface area contributed by atoms with Gasteiger partial charge in [-0.3, -0.25) is 0 Å². The quantitative estimate of drug-likeness (QED) is 0.310. The second-order valence-corrected chi connectivity index (χ2v) is 13.3. The Morgan fingerprint density at radius 3 is 1.96 bits per heavy atom. The maximum absolute atomic E-state index is 12.1. The molecule has 1 atom stereocenters. The first-order chi connectivity index (χ1) is 11.0. The number of hydrogen-bond donors (Lipinski definition) is 2. The summed E-state index contributed by atoms with van der Waals surface area (Å²) < 4.78 is 28.6. The monoisotopic (exact) mass is 383 g/mol. The van der Waals surface area contributed by atoms with Gasteiger partial charge in [0.15, 0.2) is 0 Å². The van der Waals surface area contributed by atoms with Crippen LogP contribution in [0.5, 0.6) is 0 Å². The molecule has 0 saturated carbocycles. The molecule has 0 radical (unpaired) electrons. The molecule has 0 aliphatic heterocycles. The molecule has 0 saturated heterocycles. The van der Waals surface area contributed by atoms with Crippen molar-refractivity contribution in [2.24, 2.45) is 0 Å². The molecular weight excluding hydrogens is 356 g/mol. The molecule has 0 bridgehead atoms. The van der Waals surface area contributed by atoms with Gasteiger partial charge >= 0.3 is 143 Å². The first-order valence-corrected chi connectivity index (χ1v) is 12.5. The van der Waals surface area contributed by atoms with Crippen molar-refractivity contribution in [2.45, 2.75) is 54.2 Å². The fourth-order valence-electron chi connectivity index (χ4n) is 2.88. The topological polar surface area (TPSA) is 127 Å². The number of carbonyl (C=O) groups excluding carboxylic acids is 4. The molecule has 0 spiro atoms. The van der Waals surface area contributed by atoms with Crippen LogP contribution < -0.4 is 0 Å². The second kappa shape index (κ2) is 9.41. The van der Waals surface area contributed by atoms with Crippen LogP contribution >= 0.6 is 0 Å². The summed E-state index contributed by atoms with van der Waals surface area (Å²) in [6.45, 7) is 5.86. The Balaban J connectivity index is 5.62. The van der Waals surface area contributed by atoms with E-state index in [0.29, 0.717) is 0 Å². The van der Waals surface area contributed by atoms with E-state index >= 15 is 0 Å². The van der Waals surface area contributed by atoms with E-state index < -0.39 is 55.0 Å². The summed E-state index contributed by atoms with van der Waals surface area (Å²) in [6, 6.07) is 0. The van der Waals surface area contributed by atoms with E-state index in [2.05, 4.69) is 4.74 Å². The van der Waals surface area contributed by atoms with E-state index in [9.17, 15) is 26.6 Å². The van der Waals surface area contributed by atoms with E-state index in [4.69, 9.17) is 4.74 Å². The van der Waals surface area contributed by atoms with Gasteiger partial charge in [0, 0.05) is 0 Å². The number of ketones is 2. The standard InChI is InChI=1S/2C6H9O3.C3H7.2H2O.Ti/c2*1-3-9-6(8)4-5(2)7;1-3-2;;;/h4H,3H2,1-2H3;2-4H2,1H3;1,3H2,2H3;2*1H2;/q;;;;;+2/p-2. The van der Waals surface area contributed by atoms with E-state index in [-0.39, 0.29) is 24.4 Å². The number of esters is 2. The number of carbonyl (C=O) groups is 4. The van der Waals surface area contributed by atoms with E-state index in [1.165, 1.54) is 6.92 Å². The molecule has 8 nitrogen and oxygen atoms in total. The van der Waals surface area contributed by atoms with Gasteiger partial charge in [0.1, 0.15) is 0 Å². The minimum absolute atomic E-state index is 0.0339. The number of Topliss-reactive ketones (excluding diaryl/α,β-unsaturated/α-hetero) is 2. The van der Waals surface area contributed by atoms with E-state index in [1.807, 2.05) is 0 Å². The average molecular weight is 383 g/mol. The van der Waals surface area contributed by atoms with Crippen molar-refractivity contribution < 1.29 is 52.1 Å². The Morgan fingerprint density at radius 2 is 1.54 bits per heavy atom. The van der Waals surface area contributed by atoms with Gasteiger partial charge in [0.25, 0.3) is 0 Å². The normalized spacial score (nSPS) is 14.2. The van der Waals surface area contributed by atoms with Crippen molar-refractivity contribution in [3.63, 3.8) is 0 Å². The number of rotatable bonds is 11. The van der Waals surface area contributed by atoms with Crippen molar-refractivity contribution in [3.8, 4) is 0 Å². The second-order valence-electron chi connectivity index (χ2n) is 5.89. The number of hydrogen-bond acceptors (Lipinski definition) is 8. The summed E-state index contributed by atoms with van der Waals surface area (Å²) in [6.07, 6.45) is -0.370. The summed E-state index contributed by atoms with van der Waals surface area (Å²) in [4.78, 5) is 47.5. The van der Waals surface area contributed by atoms with Gasteiger partial charge < -0.3 is 0 Å². The molecule has 1 unspecified atom stereocenters. The van der Waals surface area contributed by atoms with Crippen molar-refractivity contribution in [1.82, 2.24) is 0 Å². The van der Waals surface area contributed by atoms with Crippen LogP contribution in [-0.4, -0.2) is 44.1 Å². The van der Waals surface area contributed by atoms with Gasteiger partial charge in [-0.1, -0.05) is 0 Å². The molecule has 139 valence electrons. The molecule has 0 aliphatic carbocycles. The summed E-state index contributed by atoms with van der Waals surface area (Å²) in [5.74, 6) is -3.35. The van der Waals surface area contributed by atoms with Gasteiger partial charge in [-0.05, 0) is 0 Å². The first-order valence-electron chi connectivity index (χ1n) is 8.00. The van der Waals surface area contributed by atoms with Crippen LogP contribution in [-0.2, 0) is 44.7 Å². The first kappa shape index (κ1) is 22.9. The van der Waals surface area contributed by atoms with Gasteiger partial charge in [0.05, 0.1) is 0 Å². The summed E-state index contributed by atoms with van der Waals surface area (Å²) in [5.41, 5.74) is 0. The van der Waals surface area contributed by atoms with Gasteiger partial charge in [-0.25, -0.2) is 0 Å². The maximum atomic E-state index is 12.1. The van der Waals surface area contributed by atoms with Crippen LogP contribution in [0.25, 0.3) is 0 Å². The Morgan fingerprint density at radius 1 is 1.00 bits per heavy atom. The van der Waals surface area contributed by atoms with Crippen molar-refractivity contribution in [1.29, 1.82) is 0 Å². The Bertz CT molecular complexity index is 500. The van der Waals surface area contributed by atoms with Gasteiger partial charge in [-0.15, -0.1) is 0 Å². The van der Waals surface area contributed by atoms with E-state index in [0.717, 1.165) is 6.92 Å². The fraction of sp³-hybridized carbons (Fsp3) is 0.733. The molecule has 0 rings (SSSR count). The molecule has 24 heavy (non-hydrogen) atoms. The number of ether oxygens (including phenoxy) is 2. The van der Waals surface area contributed by atoms with Crippen LogP contribution in [0.3, 0.4) is 0 Å². The molecule has 0 amide bonds. The third kappa shape index (κ3) is 6.43. The third-order valence-corrected chi connectivity index (χ3v) is 11.0.